The van der Waals surface area contributed by atoms with E-state index in [4.69, 9.17) is 0 Å². The number of piperazine rings is 1. The smallest absolute Gasteiger partial charge is 0.246 e. The van der Waals surface area contributed by atoms with Gasteiger partial charge in [-0.2, -0.15) is 0 Å². The number of hydrogen-bond acceptors (Lipinski definition) is 4. The molecule has 3 aromatic heterocycles. The summed E-state index contributed by atoms with van der Waals surface area (Å²) in [5.74, 6) is 0.984. The van der Waals surface area contributed by atoms with Crippen LogP contribution in [-0.4, -0.2) is 51.9 Å². The van der Waals surface area contributed by atoms with Gasteiger partial charge >= 0.3 is 0 Å². The van der Waals surface area contributed by atoms with E-state index in [0.717, 1.165) is 46.4 Å². The molecule has 0 spiro atoms. The largest absolute Gasteiger partial charge is 0.353 e. The minimum Gasteiger partial charge on any atom is -0.353 e. The second kappa shape index (κ2) is 7.39. The zero-order valence-corrected chi connectivity index (χ0v) is 16.0. The first-order valence-corrected chi connectivity index (χ1v) is 9.77. The van der Waals surface area contributed by atoms with Gasteiger partial charge in [-0.3, -0.25) is 9.78 Å². The predicted molar refractivity (Wildman–Crippen MR) is 116 cm³/mol. The molecule has 1 saturated heterocycles. The molecule has 5 rings (SSSR count). The predicted octanol–water partition coefficient (Wildman–Crippen LogP) is 3.47. The Morgan fingerprint density at radius 2 is 1.76 bits per heavy atom. The molecule has 4 aromatic rings. The number of benzene rings is 1. The van der Waals surface area contributed by atoms with E-state index in [1.807, 2.05) is 47.5 Å². The van der Waals surface area contributed by atoms with E-state index in [1.165, 1.54) is 0 Å². The summed E-state index contributed by atoms with van der Waals surface area (Å²) in [4.78, 5) is 28.9. The summed E-state index contributed by atoms with van der Waals surface area (Å²) in [5, 5.41) is 2.28. The lowest BCUT2D eigenvalue weighted by atomic mass is 10.1. The lowest BCUT2D eigenvalue weighted by molar-refractivity contribution is -0.126. The van der Waals surface area contributed by atoms with E-state index in [-0.39, 0.29) is 5.91 Å². The van der Waals surface area contributed by atoms with Gasteiger partial charge in [0.25, 0.3) is 0 Å². The number of pyridine rings is 2. The van der Waals surface area contributed by atoms with Crippen molar-refractivity contribution in [3.05, 3.63) is 72.7 Å². The molecule has 0 aliphatic carbocycles. The number of H-pyrrole nitrogens is 1. The minimum absolute atomic E-state index is 0.0199. The number of carbonyl (C=O) groups excluding carboxylic acids is 1. The number of nitrogens with one attached hydrogen (secondary N) is 1. The van der Waals surface area contributed by atoms with Crippen LogP contribution in [0.2, 0.25) is 0 Å². The van der Waals surface area contributed by atoms with Crippen LogP contribution in [0, 0.1) is 0 Å². The molecular weight excluding hydrogens is 362 g/mol. The van der Waals surface area contributed by atoms with E-state index in [0.29, 0.717) is 13.1 Å². The van der Waals surface area contributed by atoms with Gasteiger partial charge in [0.1, 0.15) is 5.82 Å². The molecule has 1 N–H and O–H groups in total. The van der Waals surface area contributed by atoms with Crippen LogP contribution in [0.3, 0.4) is 0 Å². The van der Waals surface area contributed by atoms with Gasteiger partial charge in [-0.15, -0.1) is 0 Å². The quantitative estimate of drug-likeness (QED) is 0.550. The molecule has 1 aromatic carbocycles. The molecule has 1 aliphatic rings. The van der Waals surface area contributed by atoms with Crippen molar-refractivity contribution in [3.8, 4) is 0 Å². The Kier molecular flexibility index (Phi) is 4.44. The first-order valence-electron chi connectivity index (χ1n) is 9.77. The average molecular weight is 383 g/mol. The lowest BCUT2D eigenvalue weighted by Gasteiger charge is -2.34. The Morgan fingerprint density at radius 1 is 0.931 bits per heavy atom. The van der Waals surface area contributed by atoms with Crippen LogP contribution in [0.1, 0.15) is 5.69 Å². The molecule has 0 atom stereocenters. The third-order valence-electron chi connectivity index (χ3n) is 5.37. The second-order valence-corrected chi connectivity index (χ2v) is 7.16. The van der Waals surface area contributed by atoms with E-state index in [1.54, 1.807) is 18.3 Å². The summed E-state index contributed by atoms with van der Waals surface area (Å²) >= 11 is 0. The van der Waals surface area contributed by atoms with Gasteiger partial charge < -0.3 is 14.8 Å². The summed E-state index contributed by atoms with van der Waals surface area (Å²) < 4.78 is 0. The number of hydrogen-bond donors (Lipinski definition) is 1. The lowest BCUT2D eigenvalue weighted by Crippen LogP contribution is -2.48. The first kappa shape index (κ1) is 17.4. The third kappa shape index (κ3) is 3.45. The van der Waals surface area contributed by atoms with Crippen LogP contribution in [0.5, 0.6) is 0 Å². The molecule has 0 saturated carbocycles. The van der Waals surface area contributed by atoms with Crippen LogP contribution in [0.25, 0.3) is 27.9 Å². The minimum atomic E-state index is 0.0199. The average Bonchev–Trinajstić information content (AvgIpc) is 3.16. The van der Waals surface area contributed by atoms with E-state index < -0.39 is 0 Å². The second-order valence-electron chi connectivity index (χ2n) is 7.16. The van der Waals surface area contributed by atoms with Gasteiger partial charge in [0, 0.05) is 54.7 Å². The molecular formula is C23H21N5O. The Hall–Kier alpha value is -3.67. The fourth-order valence-corrected chi connectivity index (χ4v) is 3.82. The number of carbonyl (C=O) groups is 1. The van der Waals surface area contributed by atoms with Gasteiger partial charge in [-0.1, -0.05) is 24.3 Å². The molecule has 6 heteroatoms. The highest BCUT2D eigenvalue weighted by Gasteiger charge is 2.20. The van der Waals surface area contributed by atoms with Crippen molar-refractivity contribution in [1.29, 1.82) is 0 Å². The maximum atomic E-state index is 12.6. The monoisotopic (exact) mass is 383 g/mol. The van der Waals surface area contributed by atoms with Crippen molar-refractivity contribution < 1.29 is 4.79 Å². The van der Waals surface area contributed by atoms with Crippen LogP contribution in [0.4, 0.5) is 5.82 Å². The molecule has 0 radical (unpaired) electrons. The Balaban J connectivity index is 1.28. The third-order valence-corrected chi connectivity index (χ3v) is 5.37. The highest BCUT2D eigenvalue weighted by Crippen LogP contribution is 2.25. The van der Waals surface area contributed by atoms with Crippen LogP contribution >= 0.6 is 0 Å². The number of amides is 1. The molecule has 144 valence electrons. The van der Waals surface area contributed by atoms with Crippen molar-refractivity contribution in [2.24, 2.45) is 0 Å². The van der Waals surface area contributed by atoms with E-state index in [9.17, 15) is 4.79 Å². The number of rotatable bonds is 3. The summed E-state index contributed by atoms with van der Waals surface area (Å²) in [7, 11) is 0. The molecule has 1 aliphatic heterocycles. The molecule has 0 bridgehead atoms. The maximum Gasteiger partial charge on any atom is 0.246 e. The Labute approximate surface area is 168 Å². The molecule has 4 heterocycles. The summed E-state index contributed by atoms with van der Waals surface area (Å²) in [5.41, 5.74) is 2.87. The summed E-state index contributed by atoms with van der Waals surface area (Å²) in [6.07, 6.45) is 7.05. The van der Waals surface area contributed by atoms with Crippen molar-refractivity contribution >= 4 is 39.6 Å². The Bertz CT molecular complexity index is 1190. The van der Waals surface area contributed by atoms with Gasteiger partial charge in [0.2, 0.25) is 5.91 Å². The molecule has 29 heavy (non-hydrogen) atoms. The molecule has 6 nitrogen and oxygen atoms in total. The summed E-state index contributed by atoms with van der Waals surface area (Å²) in [6, 6.07) is 16.1. The van der Waals surface area contributed by atoms with E-state index in [2.05, 4.69) is 32.0 Å². The normalized spacial score (nSPS) is 14.9. The maximum absolute atomic E-state index is 12.6. The van der Waals surface area contributed by atoms with Crippen LogP contribution < -0.4 is 4.90 Å². The number of aromatic nitrogens is 3. The zero-order chi connectivity index (χ0) is 19.6. The number of aromatic amines is 1. The van der Waals surface area contributed by atoms with Gasteiger partial charge in [0.15, 0.2) is 0 Å². The number of nitrogens with zero attached hydrogens (tertiary/aromatic N) is 4. The fraction of sp³-hybridized carbons (Fsp3) is 0.174. The first-order chi connectivity index (χ1) is 14.3. The van der Waals surface area contributed by atoms with Gasteiger partial charge in [-0.25, -0.2) is 4.98 Å². The topological polar surface area (TPSA) is 65.1 Å². The standard InChI is InChI=1S/C23H21N5O/c29-23(28-13-11-27(12-14-28)22-7-3-4-10-24-22)9-8-17-15-19-18-5-1-2-6-20(18)26-21(19)16-25-17/h1-10,15-16,26H,11-14H2/b9-8+. The van der Waals surface area contributed by atoms with Crippen molar-refractivity contribution in [2.45, 2.75) is 0 Å². The molecule has 0 unspecified atom stereocenters. The van der Waals surface area contributed by atoms with Crippen LogP contribution in [-0.2, 0) is 4.79 Å². The van der Waals surface area contributed by atoms with Crippen LogP contribution in [0.15, 0.2) is 67.0 Å². The van der Waals surface area contributed by atoms with Gasteiger partial charge in [0.05, 0.1) is 17.4 Å². The van der Waals surface area contributed by atoms with Gasteiger partial charge in [-0.05, 0) is 30.3 Å². The van der Waals surface area contributed by atoms with Crippen molar-refractivity contribution in [1.82, 2.24) is 19.9 Å². The van der Waals surface area contributed by atoms with Crippen molar-refractivity contribution in [2.75, 3.05) is 31.1 Å². The molecule has 1 fully saturated rings. The summed E-state index contributed by atoms with van der Waals surface area (Å²) in [6.45, 7) is 2.95. The number of fused-ring (bicyclic) bond motifs is 3. The zero-order valence-electron chi connectivity index (χ0n) is 16.0. The van der Waals surface area contributed by atoms with E-state index >= 15 is 0 Å². The highest BCUT2D eigenvalue weighted by atomic mass is 16.2. The molecule has 1 amide bonds. The van der Waals surface area contributed by atoms with Crippen molar-refractivity contribution in [3.63, 3.8) is 0 Å². The number of anilines is 1. The SMILES string of the molecule is O=C(/C=C/c1cc2c(cn1)[nH]c1ccccc12)N1CCN(c2ccccn2)CC1. The number of para-hydroxylation sites is 1. The Morgan fingerprint density at radius 3 is 2.59 bits per heavy atom. The highest BCUT2D eigenvalue weighted by molar-refractivity contribution is 6.07. The fourth-order valence-electron chi connectivity index (χ4n) is 3.82.